The second kappa shape index (κ2) is 6.94. The molecule has 136 valence electrons. The summed E-state index contributed by atoms with van der Waals surface area (Å²) in [5.41, 5.74) is 1.20. The number of anilines is 1. The largest absolute Gasteiger partial charge is 0.323 e. The molecule has 6 nitrogen and oxygen atoms in total. The van der Waals surface area contributed by atoms with E-state index in [0.29, 0.717) is 10.9 Å². The first-order chi connectivity index (χ1) is 12.3. The Balaban J connectivity index is 1.75. The van der Waals surface area contributed by atoms with Gasteiger partial charge in [-0.3, -0.25) is 4.79 Å². The average Bonchev–Trinajstić information content (AvgIpc) is 2.97. The third-order valence-corrected chi connectivity index (χ3v) is 4.49. The Bertz CT molecular complexity index is 1010. The second-order valence-electron chi connectivity index (χ2n) is 5.62. The fourth-order valence-corrected chi connectivity index (χ4v) is 3.01. The number of nitrogens with zero attached hydrogens (tertiary/aromatic N) is 4. The molecule has 1 N–H and O–H groups in total. The molecule has 1 aromatic carbocycles. The zero-order valence-electron chi connectivity index (χ0n) is 14.0. The van der Waals surface area contributed by atoms with Gasteiger partial charge in [0.25, 0.3) is 5.78 Å². The molecule has 1 amide bonds. The van der Waals surface area contributed by atoms with Crippen molar-refractivity contribution >= 4 is 29.1 Å². The molecule has 0 aliphatic rings. The standard InChI is InChI=1S/C16H14F3N5OS/c1-7-6-8(2)24-15(20-7)22-16(23-24)26-9(3)14(25)21-11-5-4-10(17)12(18)13(11)19/h4-6,9H,1-3H3,(H,21,25). The van der Waals surface area contributed by atoms with Crippen molar-refractivity contribution in [2.45, 2.75) is 31.2 Å². The number of fused-ring (bicyclic) bond motifs is 1. The van der Waals surface area contributed by atoms with E-state index >= 15 is 0 Å². The van der Waals surface area contributed by atoms with E-state index in [-0.39, 0.29) is 0 Å². The Morgan fingerprint density at radius 2 is 1.92 bits per heavy atom. The van der Waals surface area contributed by atoms with Gasteiger partial charge in [0.2, 0.25) is 11.1 Å². The predicted octanol–water partition coefficient (Wildman–Crippen LogP) is 3.28. The molecule has 0 fully saturated rings. The Hall–Kier alpha value is -2.62. The van der Waals surface area contributed by atoms with E-state index in [0.717, 1.165) is 35.3 Å². The smallest absolute Gasteiger partial charge is 0.253 e. The summed E-state index contributed by atoms with van der Waals surface area (Å²) in [6.07, 6.45) is 0. The summed E-state index contributed by atoms with van der Waals surface area (Å²) in [5, 5.41) is 6.11. The normalized spacial score (nSPS) is 12.4. The Morgan fingerprint density at radius 1 is 1.19 bits per heavy atom. The van der Waals surface area contributed by atoms with Crippen LogP contribution in [0.15, 0.2) is 23.4 Å². The summed E-state index contributed by atoms with van der Waals surface area (Å²) < 4.78 is 41.4. The number of hydrogen-bond acceptors (Lipinski definition) is 5. The van der Waals surface area contributed by atoms with Crippen molar-refractivity contribution in [1.29, 1.82) is 0 Å². The van der Waals surface area contributed by atoms with Gasteiger partial charge in [0.1, 0.15) is 0 Å². The van der Waals surface area contributed by atoms with Gasteiger partial charge >= 0.3 is 0 Å². The summed E-state index contributed by atoms with van der Waals surface area (Å²) in [5.74, 6) is -4.60. The molecule has 3 aromatic rings. The number of thioether (sulfide) groups is 1. The van der Waals surface area contributed by atoms with Gasteiger partial charge in [0.05, 0.1) is 10.9 Å². The molecule has 0 bridgehead atoms. The van der Waals surface area contributed by atoms with E-state index in [1.807, 2.05) is 19.9 Å². The first kappa shape index (κ1) is 18.2. The topological polar surface area (TPSA) is 72.2 Å². The van der Waals surface area contributed by atoms with Crippen LogP contribution in [-0.2, 0) is 4.79 Å². The minimum atomic E-state index is -1.64. The first-order valence-corrected chi connectivity index (χ1v) is 8.46. The van der Waals surface area contributed by atoms with Crippen molar-refractivity contribution in [2.75, 3.05) is 5.32 Å². The number of aromatic nitrogens is 4. The molecule has 1 unspecified atom stereocenters. The number of aryl methyl sites for hydroxylation is 2. The van der Waals surface area contributed by atoms with Gasteiger partial charge in [0.15, 0.2) is 17.5 Å². The molecule has 2 aromatic heterocycles. The highest BCUT2D eigenvalue weighted by molar-refractivity contribution is 8.00. The average molecular weight is 381 g/mol. The number of carbonyl (C=O) groups is 1. The highest BCUT2D eigenvalue weighted by Crippen LogP contribution is 2.24. The number of benzene rings is 1. The minimum Gasteiger partial charge on any atom is -0.323 e. The number of carbonyl (C=O) groups excluding carboxylic acids is 1. The summed E-state index contributed by atoms with van der Waals surface area (Å²) in [7, 11) is 0. The summed E-state index contributed by atoms with van der Waals surface area (Å²) in [4.78, 5) is 20.7. The lowest BCUT2D eigenvalue weighted by molar-refractivity contribution is -0.115. The second-order valence-corrected chi connectivity index (χ2v) is 6.93. The van der Waals surface area contributed by atoms with Gasteiger partial charge in [-0.05, 0) is 39.0 Å². The zero-order chi connectivity index (χ0) is 19.0. The highest BCUT2D eigenvalue weighted by Gasteiger charge is 2.21. The molecule has 0 saturated carbocycles. The van der Waals surface area contributed by atoms with Crippen LogP contribution < -0.4 is 5.32 Å². The van der Waals surface area contributed by atoms with Crippen LogP contribution in [0.2, 0.25) is 0 Å². The molecule has 10 heteroatoms. The van der Waals surface area contributed by atoms with Gasteiger partial charge in [-0.1, -0.05) is 11.8 Å². The molecular formula is C16H14F3N5OS. The number of amides is 1. The molecule has 0 saturated heterocycles. The van der Waals surface area contributed by atoms with Crippen molar-refractivity contribution < 1.29 is 18.0 Å². The number of halogens is 3. The molecule has 0 aliphatic heterocycles. The first-order valence-electron chi connectivity index (χ1n) is 7.58. The van der Waals surface area contributed by atoms with Crippen molar-refractivity contribution in [1.82, 2.24) is 19.6 Å². The van der Waals surface area contributed by atoms with Gasteiger partial charge in [-0.15, -0.1) is 5.10 Å². The molecule has 0 radical (unpaired) electrons. The van der Waals surface area contributed by atoms with Crippen LogP contribution in [0.25, 0.3) is 5.78 Å². The molecular weight excluding hydrogens is 367 g/mol. The summed E-state index contributed by atoms with van der Waals surface area (Å²) in [6.45, 7) is 5.25. The van der Waals surface area contributed by atoms with Crippen molar-refractivity contribution in [2.24, 2.45) is 0 Å². The van der Waals surface area contributed by atoms with E-state index in [2.05, 4.69) is 20.4 Å². The van der Waals surface area contributed by atoms with Crippen LogP contribution in [-0.4, -0.2) is 30.7 Å². The SMILES string of the molecule is Cc1cc(C)n2nc(SC(C)C(=O)Nc3ccc(F)c(F)c3F)nc2n1. The monoisotopic (exact) mass is 381 g/mol. The lowest BCUT2D eigenvalue weighted by Crippen LogP contribution is -2.23. The fourth-order valence-electron chi connectivity index (χ4n) is 2.27. The third-order valence-electron chi connectivity index (χ3n) is 3.54. The quantitative estimate of drug-likeness (QED) is 0.555. The zero-order valence-corrected chi connectivity index (χ0v) is 14.9. The molecule has 0 spiro atoms. The van der Waals surface area contributed by atoms with E-state index in [4.69, 9.17) is 0 Å². The van der Waals surface area contributed by atoms with Gasteiger partial charge in [-0.2, -0.15) is 4.98 Å². The van der Waals surface area contributed by atoms with Crippen LogP contribution in [0.1, 0.15) is 18.3 Å². The fraction of sp³-hybridized carbons (Fsp3) is 0.250. The van der Waals surface area contributed by atoms with Gasteiger partial charge in [-0.25, -0.2) is 22.7 Å². The third kappa shape index (κ3) is 3.50. The van der Waals surface area contributed by atoms with E-state index < -0.39 is 34.3 Å². The van der Waals surface area contributed by atoms with Crippen molar-refractivity contribution in [3.8, 4) is 0 Å². The Kier molecular flexibility index (Phi) is 4.86. The number of hydrogen-bond donors (Lipinski definition) is 1. The maximum atomic E-state index is 13.7. The minimum absolute atomic E-state index is 0.319. The van der Waals surface area contributed by atoms with E-state index in [9.17, 15) is 18.0 Å². The maximum absolute atomic E-state index is 13.7. The number of nitrogens with one attached hydrogen (secondary N) is 1. The van der Waals surface area contributed by atoms with Crippen molar-refractivity contribution in [3.63, 3.8) is 0 Å². The van der Waals surface area contributed by atoms with Crippen LogP contribution in [0.3, 0.4) is 0 Å². The summed E-state index contributed by atoms with van der Waals surface area (Å²) >= 11 is 1.04. The van der Waals surface area contributed by atoms with Crippen LogP contribution in [0, 0.1) is 31.3 Å². The van der Waals surface area contributed by atoms with Gasteiger partial charge in [0, 0.05) is 11.4 Å². The molecule has 26 heavy (non-hydrogen) atoms. The maximum Gasteiger partial charge on any atom is 0.253 e. The van der Waals surface area contributed by atoms with Crippen LogP contribution in [0.5, 0.6) is 0 Å². The van der Waals surface area contributed by atoms with Crippen molar-refractivity contribution in [3.05, 3.63) is 47.0 Å². The van der Waals surface area contributed by atoms with E-state index in [1.165, 1.54) is 0 Å². The van der Waals surface area contributed by atoms with E-state index in [1.54, 1.807) is 11.4 Å². The molecule has 3 rings (SSSR count). The summed E-state index contributed by atoms with van der Waals surface area (Å²) in [6, 6.07) is 3.55. The molecule has 0 aliphatic carbocycles. The molecule has 1 atom stereocenters. The highest BCUT2D eigenvalue weighted by atomic mass is 32.2. The predicted molar refractivity (Wildman–Crippen MR) is 90.5 cm³/mol. The van der Waals surface area contributed by atoms with Crippen LogP contribution in [0.4, 0.5) is 18.9 Å². The number of rotatable bonds is 4. The lowest BCUT2D eigenvalue weighted by atomic mass is 10.2. The lowest BCUT2D eigenvalue weighted by Gasteiger charge is -2.11. The molecule has 2 heterocycles. The Labute approximate surface area is 150 Å². The Morgan fingerprint density at radius 3 is 2.65 bits per heavy atom. The van der Waals surface area contributed by atoms with Crippen LogP contribution >= 0.6 is 11.8 Å². The van der Waals surface area contributed by atoms with Gasteiger partial charge < -0.3 is 5.32 Å².